The number of ketones is 1. The van der Waals surface area contributed by atoms with Crippen molar-refractivity contribution >= 4 is 34.8 Å². The third-order valence-corrected chi connectivity index (χ3v) is 4.75. The molecule has 1 unspecified atom stereocenters. The van der Waals surface area contributed by atoms with Crippen LogP contribution in [0.3, 0.4) is 0 Å². The highest BCUT2D eigenvalue weighted by atomic mass is 35.5. The van der Waals surface area contributed by atoms with Gasteiger partial charge in [-0.05, 0) is 58.9 Å². The van der Waals surface area contributed by atoms with Crippen molar-refractivity contribution in [2.75, 3.05) is 30.8 Å². The molecule has 0 N–H and O–H groups in total. The maximum Gasteiger partial charge on any atom is 0.276 e. The maximum absolute atomic E-state index is 13.0. The van der Waals surface area contributed by atoms with Gasteiger partial charge in [0.2, 0.25) is 6.04 Å². The molecule has 0 aliphatic heterocycles. The van der Waals surface area contributed by atoms with E-state index in [1.165, 1.54) is 6.92 Å². The van der Waals surface area contributed by atoms with Crippen LogP contribution in [-0.2, 0) is 9.59 Å². The number of hydrogen-bond donors (Lipinski definition) is 0. The number of amides is 1. The number of carbonyl (C=O) groups is 2. The first kappa shape index (κ1) is 26.9. The molecule has 2 rings (SSSR count). The van der Waals surface area contributed by atoms with Crippen LogP contribution in [0.4, 0.5) is 11.4 Å². The Morgan fingerprint density at radius 2 is 1.47 bits per heavy atom. The van der Waals surface area contributed by atoms with Crippen molar-refractivity contribution in [1.82, 2.24) is 0 Å². The molecule has 0 aromatic heterocycles. The summed E-state index contributed by atoms with van der Waals surface area (Å²) in [5, 5.41) is 8.09. The van der Waals surface area contributed by atoms with Crippen LogP contribution in [0.1, 0.15) is 34.6 Å². The minimum atomic E-state index is -1.44. The molecule has 34 heavy (non-hydrogen) atoms. The lowest BCUT2D eigenvalue weighted by Crippen LogP contribution is -2.36. The molecular formula is C24H30ClN3O6. The fourth-order valence-electron chi connectivity index (χ4n) is 2.93. The summed E-state index contributed by atoms with van der Waals surface area (Å²) in [7, 11) is 0. The molecule has 0 bridgehead atoms. The van der Waals surface area contributed by atoms with Crippen molar-refractivity contribution in [2.45, 2.75) is 40.7 Å². The second-order valence-corrected chi connectivity index (χ2v) is 7.18. The summed E-state index contributed by atoms with van der Waals surface area (Å²) in [6.45, 7) is 10.4. The molecule has 2 aromatic rings. The highest BCUT2D eigenvalue weighted by Crippen LogP contribution is 2.34. The first-order chi connectivity index (χ1) is 16.4. The van der Waals surface area contributed by atoms with E-state index in [0.717, 1.165) is 4.42 Å². The zero-order chi connectivity index (χ0) is 25.1. The zero-order valence-electron chi connectivity index (χ0n) is 20.0. The lowest BCUT2D eigenvalue weighted by atomic mass is 10.2. The summed E-state index contributed by atoms with van der Waals surface area (Å²) in [6.07, 6.45) is 0. The van der Waals surface area contributed by atoms with Crippen molar-refractivity contribution in [3.8, 4) is 23.0 Å². The van der Waals surface area contributed by atoms with Gasteiger partial charge < -0.3 is 18.9 Å². The van der Waals surface area contributed by atoms with Crippen molar-refractivity contribution in [1.29, 1.82) is 0 Å². The molecule has 0 heterocycles. The minimum absolute atomic E-state index is 0.302. The summed E-state index contributed by atoms with van der Waals surface area (Å²) >= 11 is 6.31. The third-order valence-electron chi connectivity index (χ3n) is 4.39. The first-order valence-corrected chi connectivity index (χ1v) is 11.4. The second kappa shape index (κ2) is 13.4. The normalized spacial score (nSPS) is 11.7. The highest BCUT2D eigenvalue weighted by molar-refractivity contribution is 6.39. The van der Waals surface area contributed by atoms with Crippen LogP contribution in [0, 0.1) is 0 Å². The second-order valence-electron chi connectivity index (χ2n) is 6.84. The van der Waals surface area contributed by atoms with Crippen LogP contribution in [0.2, 0.25) is 0 Å². The fourth-order valence-corrected chi connectivity index (χ4v) is 3.12. The molecule has 0 saturated carbocycles. The Hall–Kier alpha value is -3.33. The van der Waals surface area contributed by atoms with Crippen molar-refractivity contribution in [3.63, 3.8) is 0 Å². The van der Waals surface area contributed by atoms with Crippen LogP contribution in [0.15, 0.2) is 46.6 Å². The molecule has 0 fully saturated rings. The van der Waals surface area contributed by atoms with Crippen LogP contribution in [0.25, 0.3) is 0 Å². The number of nitrogens with zero attached hydrogens (tertiary/aromatic N) is 3. The van der Waals surface area contributed by atoms with E-state index < -0.39 is 17.7 Å². The van der Waals surface area contributed by atoms with E-state index in [4.69, 9.17) is 30.7 Å². The number of rotatable bonds is 13. The number of ether oxygens (including phenoxy) is 4. The Morgan fingerprint density at radius 1 is 0.853 bits per heavy atom. The lowest BCUT2D eigenvalue weighted by molar-refractivity contribution is -0.126. The molecule has 2 aromatic carbocycles. The average Bonchev–Trinajstić information content (AvgIpc) is 2.81. The molecule has 1 atom stereocenters. The maximum atomic E-state index is 13.0. The van der Waals surface area contributed by atoms with E-state index >= 15 is 0 Å². The standard InChI is InChI=1S/C24H30ClN3O6/c1-6-31-18-11-12-19(21(15-18)33-8-3)26-27-23(16(5)29)24(30)28(25)17-10-13-20(32-7-2)22(14-17)34-9-4/h10-15,23H,6-9H2,1-5H3. The van der Waals surface area contributed by atoms with Gasteiger partial charge in [0, 0.05) is 23.9 Å². The predicted octanol–water partition coefficient (Wildman–Crippen LogP) is 5.51. The molecule has 10 heteroatoms. The average molecular weight is 492 g/mol. The Bertz CT molecular complexity index is 1010. The molecule has 0 aliphatic carbocycles. The molecular weight excluding hydrogens is 462 g/mol. The smallest absolute Gasteiger partial charge is 0.276 e. The van der Waals surface area contributed by atoms with Gasteiger partial charge in [0.15, 0.2) is 17.3 Å². The van der Waals surface area contributed by atoms with Gasteiger partial charge in [0.05, 0.1) is 32.1 Å². The molecule has 9 nitrogen and oxygen atoms in total. The van der Waals surface area contributed by atoms with E-state index in [1.807, 2.05) is 27.7 Å². The quantitative estimate of drug-likeness (QED) is 0.208. The number of Topliss-reactive ketones (excluding diaryl/α,β-unsaturated/α-hetero) is 1. The fraction of sp³-hybridized carbons (Fsp3) is 0.417. The van der Waals surface area contributed by atoms with Gasteiger partial charge in [-0.15, -0.1) is 0 Å². The van der Waals surface area contributed by atoms with E-state index in [-0.39, 0.29) is 0 Å². The number of carbonyl (C=O) groups excluding carboxylic acids is 2. The molecule has 0 saturated heterocycles. The molecule has 0 radical (unpaired) electrons. The van der Waals surface area contributed by atoms with Gasteiger partial charge in [0.1, 0.15) is 17.2 Å². The van der Waals surface area contributed by atoms with Crippen molar-refractivity contribution in [2.24, 2.45) is 10.2 Å². The summed E-state index contributed by atoms with van der Waals surface area (Å²) in [5.41, 5.74) is 0.654. The number of hydrogen-bond acceptors (Lipinski definition) is 8. The largest absolute Gasteiger partial charge is 0.494 e. The first-order valence-electron chi connectivity index (χ1n) is 11.1. The van der Waals surface area contributed by atoms with Crippen LogP contribution in [0.5, 0.6) is 23.0 Å². The Kier molecular flexibility index (Phi) is 10.6. The summed E-state index contributed by atoms with van der Waals surface area (Å²) < 4.78 is 23.0. The highest BCUT2D eigenvalue weighted by Gasteiger charge is 2.29. The van der Waals surface area contributed by atoms with E-state index in [2.05, 4.69) is 10.2 Å². The van der Waals surface area contributed by atoms with Gasteiger partial charge in [-0.3, -0.25) is 9.59 Å². The molecule has 184 valence electrons. The monoisotopic (exact) mass is 491 g/mol. The van der Waals surface area contributed by atoms with E-state index in [1.54, 1.807) is 36.4 Å². The third kappa shape index (κ3) is 7.08. The SMILES string of the molecule is CCOc1ccc(N=NC(C(C)=O)C(=O)N(Cl)c2ccc(OCC)c(OCC)c2)c(OCC)c1. The summed E-state index contributed by atoms with van der Waals surface area (Å²) in [6, 6.07) is 8.37. The van der Waals surface area contributed by atoms with Gasteiger partial charge in [0.25, 0.3) is 5.91 Å². The van der Waals surface area contributed by atoms with Crippen LogP contribution in [-0.4, -0.2) is 44.2 Å². The Morgan fingerprint density at radius 3 is 2.09 bits per heavy atom. The lowest BCUT2D eigenvalue weighted by Gasteiger charge is -2.19. The van der Waals surface area contributed by atoms with Gasteiger partial charge >= 0.3 is 0 Å². The van der Waals surface area contributed by atoms with E-state index in [9.17, 15) is 9.59 Å². The Labute approximate surface area is 204 Å². The number of benzene rings is 2. The predicted molar refractivity (Wildman–Crippen MR) is 130 cm³/mol. The number of azo groups is 1. The van der Waals surface area contributed by atoms with Gasteiger partial charge in [-0.1, -0.05) is 0 Å². The number of anilines is 1. The van der Waals surface area contributed by atoms with Crippen molar-refractivity contribution < 1.29 is 28.5 Å². The van der Waals surface area contributed by atoms with Gasteiger partial charge in [-0.2, -0.15) is 10.2 Å². The van der Waals surface area contributed by atoms with Crippen LogP contribution >= 0.6 is 11.8 Å². The van der Waals surface area contributed by atoms with Crippen LogP contribution < -0.4 is 23.4 Å². The zero-order valence-corrected chi connectivity index (χ0v) is 20.8. The topological polar surface area (TPSA) is 99.0 Å². The number of halogens is 1. The minimum Gasteiger partial charge on any atom is -0.494 e. The summed E-state index contributed by atoms with van der Waals surface area (Å²) in [4.78, 5) is 25.3. The van der Waals surface area contributed by atoms with Gasteiger partial charge in [-0.25, -0.2) is 4.42 Å². The molecule has 0 aliphatic rings. The molecule has 0 spiro atoms. The Balaban J connectivity index is 2.31. The summed E-state index contributed by atoms with van der Waals surface area (Å²) in [5.74, 6) is 0.705. The molecule has 1 amide bonds. The van der Waals surface area contributed by atoms with E-state index in [0.29, 0.717) is 60.8 Å². The van der Waals surface area contributed by atoms with Crippen molar-refractivity contribution in [3.05, 3.63) is 36.4 Å².